The number of imide groups is 1. The van der Waals surface area contributed by atoms with Crippen LogP contribution in [0.25, 0.3) is 22.2 Å². The number of hydrogen-bond donors (Lipinski definition) is 3. The zero-order valence-corrected chi connectivity index (χ0v) is 36.8. The molecule has 65 heavy (non-hydrogen) atoms. The zero-order chi connectivity index (χ0) is 44.4. The fourth-order valence-corrected chi connectivity index (χ4v) is 12.3. The third-order valence-corrected chi connectivity index (χ3v) is 16.0. The molecule has 3 aromatic carbocycles. The largest absolute Gasteiger partial charge is 0.507 e. The Labute approximate surface area is 378 Å². The molecule has 1 aliphatic carbocycles. The Hall–Kier alpha value is -5.96. The van der Waals surface area contributed by atoms with Crippen molar-refractivity contribution in [3.63, 3.8) is 0 Å². The Morgan fingerprint density at radius 3 is 2.25 bits per heavy atom. The molecular formula is C50H58F2N10O3. The number of halogens is 2. The van der Waals surface area contributed by atoms with Crippen LogP contribution in [0.15, 0.2) is 72.9 Å². The van der Waals surface area contributed by atoms with Gasteiger partial charge in [0.25, 0.3) is 0 Å². The number of amides is 3. The fourth-order valence-electron chi connectivity index (χ4n) is 12.3. The van der Waals surface area contributed by atoms with Crippen LogP contribution in [0.4, 0.5) is 42.1 Å². The maximum atomic E-state index is 15.8. The Balaban J connectivity index is 0.667. The van der Waals surface area contributed by atoms with Gasteiger partial charge in [0, 0.05) is 86.6 Å². The van der Waals surface area contributed by atoms with Crippen LogP contribution in [0.1, 0.15) is 76.7 Å². The van der Waals surface area contributed by atoms with E-state index in [1.54, 1.807) is 24.3 Å². The first-order valence-corrected chi connectivity index (χ1v) is 23.7. The van der Waals surface area contributed by atoms with Crippen molar-refractivity contribution >= 4 is 51.4 Å². The molecule has 15 heteroatoms. The van der Waals surface area contributed by atoms with E-state index in [1.807, 2.05) is 42.6 Å². The highest BCUT2D eigenvalue weighted by molar-refractivity contribution is 6.06. The number of hydrogen-bond acceptors (Lipinski definition) is 10. The van der Waals surface area contributed by atoms with Gasteiger partial charge in [0.1, 0.15) is 11.6 Å². The molecule has 6 aliphatic rings. The fraction of sp³-hybridized carbons (Fsp3) is 0.480. The molecular weight excluding hydrogens is 827 g/mol. The predicted molar refractivity (Wildman–Crippen MR) is 249 cm³/mol. The second-order valence-electron chi connectivity index (χ2n) is 19.6. The normalized spacial score (nSPS) is 23.2. The van der Waals surface area contributed by atoms with Gasteiger partial charge < -0.3 is 35.0 Å². The summed E-state index contributed by atoms with van der Waals surface area (Å²) in [7, 11) is 0. The summed E-state index contributed by atoms with van der Waals surface area (Å²) in [5.41, 5.74) is 11.7. The summed E-state index contributed by atoms with van der Waals surface area (Å²) < 4.78 is 33.6. The van der Waals surface area contributed by atoms with Gasteiger partial charge >= 0.3 is 6.03 Å². The Kier molecular flexibility index (Phi) is 10.8. The molecule has 2 bridgehead atoms. The minimum absolute atomic E-state index is 0.154. The number of likely N-dealkylation sites (tertiary alicyclic amines) is 1. The molecule has 5 saturated heterocycles. The molecule has 2 unspecified atom stereocenters. The number of nitrogens with one attached hydrogen (secondary N) is 1. The van der Waals surface area contributed by atoms with Crippen LogP contribution in [0, 0.1) is 23.0 Å². The van der Waals surface area contributed by atoms with Gasteiger partial charge in [-0.3, -0.25) is 15.0 Å². The van der Waals surface area contributed by atoms with Crippen LogP contribution in [-0.2, 0) is 4.79 Å². The van der Waals surface area contributed by atoms with Crippen LogP contribution in [-0.4, -0.2) is 101 Å². The van der Waals surface area contributed by atoms with Gasteiger partial charge in [-0.2, -0.15) is 0 Å². The molecule has 0 radical (unpaired) electrons. The summed E-state index contributed by atoms with van der Waals surface area (Å²) in [5, 5.41) is 21.8. The van der Waals surface area contributed by atoms with Crippen molar-refractivity contribution < 1.29 is 23.5 Å². The topological polar surface area (TPSA) is 139 Å². The maximum Gasteiger partial charge on any atom is 0.328 e. The van der Waals surface area contributed by atoms with Gasteiger partial charge in [-0.05, 0) is 143 Å². The summed E-state index contributed by atoms with van der Waals surface area (Å²) in [6.45, 7) is 6.76. The second kappa shape index (κ2) is 16.8. The summed E-state index contributed by atoms with van der Waals surface area (Å²) in [4.78, 5) is 35.1. The predicted octanol–water partition coefficient (Wildman–Crippen LogP) is 8.08. The van der Waals surface area contributed by atoms with Crippen molar-refractivity contribution in [2.75, 3.05) is 77.7 Å². The number of nitrogens with zero attached hydrogens (tertiary/aromatic N) is 8. The number of piperazine rings is 1. The van der Waals surface area contributed by atoms with E-state index in [-0.39, 0.29) is 48.2 Å². The van der Waals surface area contributed by atoms with Gasteiger partial charge in [0.15, 0.2) is 11.6 Å². The van der Waals surface area contributed by atoms with Crippen molar-refractivity contribution in [3.05, 3.63) is 84.6 Å². The number of carbonyl (C=O) groups is 2. The van der Waals surface area contributed by atoms with E-state index >= 15 is 8.78 Å². The van der Waals surface area contributed by atoms with E-state index in [4.69, 9.17) is 5.73 Å². The summed E-state index contributed by atoms with van der Waals surface area (Å²) in [5.74, 6) is 0.222. The lowest BCUT2D eigenvalue weighted by Gasteiger charge is -2.47. The number of para-hydroxylation sites is 1. The number of phenols is 1. The summed E-state index contributed by atoms with van der Waals surface area (Å²) in [6.07, 6.45) is 13.3. The van der Waals surface area contributed by atoms with Crippen LogP contribution >= 0.6 is 0 Å². The molecule has 2 atom stereocenters. The lowest BCUT2D eigenvalue weighted by Crippen LogP contribution is -2.54. The van der Waals surface area contributed by atoms with Crippen LogP contribution in [0.5, 0.6) is 5.75 Å². The molecule has 4 N–H and O–H groups in total. The average Bonchev–Trinajstić information content (AvgIpc) is 3.87. The standard InChI is InChI=1S/C50H58F2N10O3/c51-39-8-7-34(62-35-5-6-36(62)31-59(30-35)44-28-40(55-56-48(44)53)37-3-1-2-4-45(37)63)27-43(39)58-21-13-32(14-22-58)29-57-25-19-50(20-26-57)17-11-33(12-18-50)60-23-15-38-41(60)9-10-42(47(38)52)61-24-16-46(64)54-49(61)65/h1-4,7-10,15,23,27-28,32-33,35-36,63H,5-6,11-14,16-22,24-26,29-31H2,(H2,53,56)(H,54,64,65). The number of fused-ring (bicyclic) bond motifs is 3. The molecule has 1 saturated carbocycles. The smallest absolute Gasteiger partial charge is 0.328 e. The number of nitrogen functional groups attached to an aromatic ring is 1. The number of aromatic nitrogens is 3. The first kappa shape index (κ1) is 41.7. The van der Waals surface area contributed by atoms with E-state index in [2.05, 4.69) is 45.7 Å². The van der Waals surface area contributed by atoms with Crippen LogP contribution < -0.4 is 30.7 Å². The molecule has 7 heterocycles. The zero-order valence-electron chi connectivity index (χ0n) is 36.8. The van der Waals surface area contributed by atoms with Crippen molar-refractivity contribution in [2.24, 2.45) is 11.3 Å². The van der Waals surface area contributed by atoms with Gasteiger partial charge in [-0.15, -0.1) is 10.2 Å². The van der Waals surface area contributed by atoms with Gasteiger partial charge in [0.05, 0.1) is 28.3 Å². The molecule has 1 spiro atoms. The lowest BCUT2D eigenvalue weighted by molar-refractivity contribution is -0.120. The molecule has 5 aliphatic heterocycles. The Morgan fingerprint density at radius 1 is 0.754 bits per heavy atom. The number of aromatic hydroxyl groups is 1. The molecule has 5 aromatic rings. The first-order valence-electron chi connectivity index (χ1n) is 23.7. The van der Waals surface area contributed by atoms with Crippen LogP contribution in [0.2, 0.25) is 0 Å². The highest BCUT2D eigenvalue weighted by Gasteiger charge is 2.42. The lowest BCUT2D eigenvalue weighted by atomic mass is 9.67. The van der Waals surface area contributed by atoms with Crippen molar-refractivity contribution in [2.45, 2.75) is 88.8 Å². The Bertz CT molecular complexity index is 2600. The molecule has 3 amide bonds. The van der Waals surface area contributed by atoms with Gasteiger partial charge in [-0.25, -0.2) is 13.6 Å². The number of urea groups is 1. The van der Waals surface area contributed by atoms with Gasteiger partial charge in [-0.1, -0.05) is 12.1 Å². The van der Waals surface area contributed by atoms with Crippen LogP contribution in [0.3, 0.4) is 0 Å². The average molecular weight is 885 g/mol. The monoisotopic (exact) mass is 884 g/mol. The third kappa shape index (κ3) is 7.78. The SMILES string of the molecule is Nc1nnc(-c2ccccc2O)cc1N1CC2CCC(C1)N2c1ccc(F)c(N2CCC(CN3CCC4(CCC(n5ccc6c(F)c(N7CCC(=O)NC7=O)ccc65)CC4)CC3)CC2)c1. The van der Waals surface area contributed by atoms with Gasteiger partial charge in [0.2, 0.25) is 5.91 Å². The number of rotatable bonds is 8. The molecule has 11 rings (SSSR count). The maximum absolute atomic E-state index is 15.8. The Morgan fingerprint density at radius 2 is 1.51 bits per heavy atom. The van der Waals surface area contributed by atoms with Crippen molar-refractivity contribution in [1.82, 2.24) is 25.0 Å². The number of phenolic OH excluding ortho intramolecular Hbond substituents is 1. The highest BCUT2D eigenvalue weighted by atomic mass is 19.1. The quantitative estimate of drug-likeness (QED) is 0.140. The number of benzene rings is 3. The summed E-state index contributed by atoms with van der Waals surface area (Å²) in [6, 6.07) is 20.4. The minimum Gasteiger partial charge on any atom is -0.507 e. The van der Waals surface area contributed by atoms with E-state index in [1.165, 1.54) is 30.6 Å². The highest BCUT2D eigenvalue weighted by Crippen LogP contribution is 2.49. The summed E-state index contributed by atoms with van der Waals surface area (Å²) >= 11 is 0. The van der Waals surface area contributed by atoms with E-state index in [9.17, 15) is 14.7 Å². The van der Waals surface area contributed by atoms with E-state index < -0.39 is 11.8 Å². The minimum atomic E-state index is -0.577. The third-order valence-electron chi connectivity index (χ3n) is 16.0. The number of carbonyl (C=O) groups excluding carboxylic acids is 2. The van der Waals surface area contributed by atoms with E-state index in [0.717, 1.165) is 101 Å². The molecule has 2 aromatic heterocycles. The van der Waals surface area contributed by atoms with Crippen molar-refractivity contribution in [3.8, 4) is 17.0 Å². The molecule has 13 nitrogen and oxygen atoms in total. The first-order chi connectivity index (χ1) is 31.6. The van der Waals surface area contributed by atoms with E-state index in [0.29, 0.717) is 45.5 Å². The number of piperidine rings is 2. The molecule has 340 valence electrons. The second-order valence-corrected chi connectivity index (χ2v) is 19.6. The number of anilines is 5. The molecule has 6 fully saturated rings. The number of nitrogens with two attached hydrogens (primary N) is 1. The van der Waals surface area contributed by atoms with Crippen molar-refractivity contribution in [1.29, 1.82) is 0 Å².